The molecule has 0 aromatic heterocycles. The molecule has 0 aromatic carbocycles. The van der Waals surface area contributed by atoms with Crippen LogP contribution in [0.15, 0.2) is 0 Å². The van der Waals surface area contributed by atoms with E-state index >= 15 is 0 Å². The molecule has 0 amide bonds. The molecule has 0 aliphatic carbocycles. The van der Waals surface area contributed by atoms with Gasteiger partial charge >= 0.3 is 0 Å². The summed E-state index contributed by atoms with van der Waals surface area (Å²) in [6, 6.07) is 0. The van der Waals surface area contributed by atoms with Crippen molar-refractivity contribution in [1.82, 2.24) is 0 Å². The Morgan fingerprint density at radius 2 is 2.20 bits per heavy atom. The smallest absolute Gasteiger partial charge is 0.105 e. The molecule has 0 fully saturated rings. The number of rotatable bonds is 1. The van der Waals surface area contributed by atoms with E-state index < -0.39 is 11.4 Å². The molecule has 0 saturated carbocycles. The molecule has 32 valence electrons. The standard InChI is InChI=1S/ClHO3S/c1-4-5(2)3/h(H,2,3)/p-1. The van der Waals surface area contributed by atoms with Crippen LogP contribution in [0.4, 0.5) is 0 Å². The lowest BCUT2D eigenvalue weighted by Gasteiger charge is -1.90. The van der Waals surface area contributed by atoms with E-state index in [4.69, 9.17) is 8.76 Å². The Kier molecular flexibility index (Phi) is 2.78. The van der Waals surface area contributed by atoms with Crippen molar-refractivity contribution in [3.8, 4) is 0 Å². The quantitative estimate of drug-likeness (QED) is 0.450. The van der Waals surface area contributed by atoms with E-state index in [1.54, 1.807) is 0 Å². The molecule has 0 saturated heterocycles. The highest BCUT2D eigenvalue weighted by atomic mass is 35.5. The molecule has 0 radical (unpaired) electrons. The summed E-state index contributed by atoms with van der Waals surface area (Å²) in [6.45, 7) is 0. The average molecular weight is 116 g/mol. The van der Waals surface area contributed by atoms with Crippen LogP contribution in [0, 0.1) is 0 Å². The van der Waals surface area contributed by atoms with Gasteiger partial charge in [-0.1, -0.05) is 0 Å². The molecule has 0 aliphatic heterocycles. The van der Waals surface area contributed by atoms with Gasteiger partial charge in [-0.05, 0) is 0 Å². The van der Waals surface area contributed by atoms with Gasteiger partial charge in [0.25, 0.3) is 0 Å². The van der Waals surface area contributed by atoms with E-state index in [0.29, 0.717) is 0 Å². The Bertz CT molecular complexity index is 42.2. The Hall–Kier alpha value is 0.360. The van der Waals surface area contributed by atoms with Crippen molar-refractivity contribution < 1.29 is 12.5 Å². The van der Waals surface area contributed by atoms with E-state index in [9.17, 15) is 0 Å². The van der Waals surface area contributed by atoms with Gasteiger partial charge in [0.1, 0.15) is 11.4 Å². The van der Waals surface area contributed by atoms with E-state index in [-0.39, 0.29) is 0 Å². The topological polar surface area (TPSA) is 49.4 Å². The third-order valence-electron chi connectivity index (χ3n) is 0.0514. The van der Waals surface area contributed by atoms with Gasteiger partial charge < -0.3 is 4.55 Å². The fourth-order valence-electron chi connectivity index (χ4n) is 0. The molecule has 1 unspecified atom stereocenters. The van der Waals surface area contributed by atoms with E-state index in [0.717, 1.165) is 0 Å². The molecule has 0 heterocycles. The molecular weight excluding hydrogens is 116 g/mol. The highest BCUT2D eigenvalue weighted by Crippen LogP contribution is 1.78. The van der Waals surface area contributed by atoms with Crippen molar-refractivity contribution >= 4 is 23.2 Å². The maximum absolute atomic E-state index is 9.01. The number of hydrogen-bond donors (Lipinski definition) is 0. The van der Waals surface area contributed by atoms with Crippen LogP contribution in [0.25, 0.3) is 0 Å². The molecule has 0 bridgehead atoms. The Balaban J connectivity index is 2.85. The zero-order valence-electron chi connectivity index (χ0n) is 2.01. The minimum Gasteiger partial charge on any atom is -0.749 e. The number of halogens is 1. The Morgan fingerprint density at radius 3 is 2.20 bits per heavy atom. The minimum atomic E-state index is -2.56. The van der Waals surface area contributed by atoms with Crippen LogP contribution < -0.4 is 0 Å². The predicted octanol–water partition coefficient (Wildman–Crippen LogP) is -0.0491. The summed E-state index contributed by atoms with van der Waals surface area (Å²) in [7, 11) is 0. The fourth-order valence-corrected chi connectivity index (χ4v) is 0. The molecule has 0 rings (SSSR count). The summed E-state index contributed by atoms with van der Waals surface area (Å²) >= 11 is 1.67. The highest BCUT2D eigenvalue weighted by Gasteiger charge is 1.64. The zero-order valence-corrected chi connectivity index (χ0v) is 3.58. The van der Waals surface area contributed by atoms with E-state index in [1.165, 1.54) is 0 Å². The van der Waals surface area contributed by atoms with Gasteiger partial charge in [-0.25, -0.2) is 4.21 Å². The first kappa shape index (κ1) is 5.36. The molecular formula is ClO3S-. The van der Waals surface area contributed by atoms with Crippen molar-refractivity contribution in [2.45, 2.75) is 0 Å². The highest BCUT2D eigenvalue weighted by molar-refractivity contribution is 7.74. The largest absolute Gasteiger partial charge is 0.749 e. The second-order valence-electron chi connectivity index (χ2n) is 0.267. The van der Waals surface area contributed by atoms with Crippen molar-refractivity contribution in [2.75, 3.05) is 0 Å². The first-order valence-corrected chi connectivity index (χ1v) is 1.96. The Morgan fingerprint density at radius 1 is 2.00 bits per heavy atom. The van der Waals surface area contributed by atoms with Crippen molar-refractivity contribution in [2.24, 2.45) is 0 Å². The van der Waals surface area contributed by atoms with Gasteiger partial charge in [-0.3, -0.25) is 0 Å². The van der Waals surface area contributed by atoms with Crippen LogP contribution >= 0.6 is 11.9 Å². The summed E-state index contributed by atoms with van der Waals surface area (Å²) in [5.41, 5.74) is 0. The molecule has 0 spiro atoms. The molecule has 1 atom stereocenters. The van der Waals surface area contributed by atoms with Gasteiger partial charge in [0, 0.05) is 0 Å². The van der Waals surface area contributed by atoms with Gasteiger partial charge in [-0.2, -0.15) is 3.74 Å². The molecule has 5 heteroatoms. The molecule has 3 nitrogen and oxygen atoms in total. The third-order valence-corrected chi connectivity index (χ3v) is 0.463. The second kappa shape index (κ2) is 2.59. The van der Waals surface area contributed by atoms with E-state index in [2.05, 4.69) is 15.6 Å². The first-order chi connectivity index (χ1) is 2.27. The number of hydrogen-bond acceptors (Lipinski definition) is 3. The molecule has 0 aromatic rings. The Labute approximate surface area is 36.5 Å². The van der Waals surface area contributed by atoms with Crippen LogP contribution in [-0.2, 0) is 15.1 Å². The van der Waals surface area contributed by atoms with Crippen LogP contribution in [0.1, 0.15) is 0 Å². The summed E-state index contributed by atoms with van der Waals surface area (Å²) in [5.74, 6) is 0. The van der Waals surface area contributed by atoms with Crippen molar-refractivity contribution in [3.63, 3.8) is 0 Å². The lowest BCUT2D eigenvalue weighted by molar-refractivity contribution is 0.457. The predicted molar refractivity (Wildman–Crippen MR) is 15.9 cm³/mol. The second-order valence-corrected chi connectivity index (χ2v) is 1.18. The summed E-state index contributed by atoms with van der Waals surface area (Å²) in [5, 5.41) is 0. The molecule has 0 N–H and O–H groups in total. The minimum absolute atomic E-state index is 2.56. The molecule has 5 heavy (non-hydrogen) atoms. The summed E-state index contributed by atoms with van der Waals surface area (Å²) < 4.78 is 21.2. The normalized spacial score (nSPS) is 14.8. The first-order valence-electron chi connectivity index (χ1n) is 0.654. The lowest BCUT2D eigenvalue weighted by atomic mass is 15.8. The van der Waals surface area contributed by atoms with Crippen molar-refractivity contribution in [1.29, 1.82) is 0 Å². The average Bonchev–Trinajstić information content (AvgIpc) is 1.38. The van der Waals surface area contributed by atoms with Gasteiger partial charge in [-0.15, -0.1) is 0 Å². The monoisotopic (exact) mass is 115 g/mol. The van der Waals surface area contributed by atoms with Crippen molar-refractivity contribution in [3.05, 3.63) is 0 Å². The maximum Gasteiger partial charge on any atom is 0.105 e. The van der Waals surface area contributed by atoms with Gasteiger partial charge in [0.15, 0.2) is 0 Å². The third kappa shape index (κ3) is 4.36. The van der Waals surface area contributed by atoms with Gasteiger partial charge in [0.2, 0.25) is 0 Å². The van der Waals surface area contributed by atoms with E-state index in [1.807, 2.05) is 0 Å². The van der Waals surface area contributed by atoms with Crippen LogP contribution in [0.5, 0.6) is 0 Å². The fraction of sp³-hybridized carbons (Fsp3) is 0. The van der Waals surface area contributed by atoms with Crippen LogP contribution in [0.2, 0.25) is 0 Å². The lowest BCUT2D eigenvalue weighted by Crippen LogP contribution is -1.79. The van der Waals surface area contributed by atoms with Crippen LogP contribution in [-0.4, -0.2) is 8.76 Å². The summed E-state index contributed by atoms with van der Waals surface area (Å²) in [4.78, 5) is 0. The molecule has 0 aliphatic rings. The van der Waals surface area contributed by atoms with Gasteiger partial charge in [0.05, 0.1) is 11.9 Å². The summed E-state index contributed by atoms with van der Waals surface area (Å²) in [6.07, 6.45) is 0. The van der Waals surface area contributed by atoms with Crippen LogP contribution in [0.3, 0.4) is 0 Å². The maximum atomic E-state index is 9.01. The SMILES string of the molecule is O=S([O-])OCl. The zero-order chi connectivity index (χ0) is 4.28.